The third kappa shape index (κ3) is 8.61. The van der Waals surface area contributed by atoms with E-state index in [4.69, 9.17) is 18.9 Å². The van der Waals surface area contributed by atoms with Gasteiger partial charge in [-0.15, -0.1) is 0 Å². The van der Waals surface area contributed by atoms with Crippen LogP contribution in [0.15, 0.2) is 77.9 Å². The molecule has 0 aromatic heterocycles. The maximum Gasteiger partial charge on any atom is 0.312 e. The maximum atomic E-state index is 14.8. The number of hydrogen-bond donors (Lipinski definition) is 4. The first-order valence-corrected chi connectivity index (χ1v) is 19.5. The Morgan fingerprint density at radius 3 is 2.20 bits per heavy atom. The molecule has 0 spiro atoms. The summed E-state index contributed by atoms with van der Waals surface area (Å²) in [5.41, 5.74) is -0.842. The van der Waals surface area contributed by atoms with Gasteiger partial charge in [0.1, 0.15) is 29.0 Å². The monoisotopic (exact) mass is 814 g/mol. The summed E-state index contributed by atoms with van der Waals surface area (Å²) in [6, 6.07) is 9.10. The molecule has 6 rings (SSSR count). The Morgan fingerprint density at radius 1 is 0.915 bits per heavy atom. The Hall–Kier alpha value is -5.57. The van der Waals surface area contributed by atoms with Gasteiger partial charge in [0, 0.05) is 69.4 Å². The predicted octanol–water partition coefficient (Wildman–Crippen LogP) is 5.09. The molecule has 0 radical (unpaired) electrons. The van der Waals surface area contributed by atoms with Crippen molar-refractivity contribution in [2.24, 2.45) is 23.7 Å². The lowest BCUT2D eigenvalue weighted by Gasteiger charge is -2.38. The van der Waals surface area contributed by atoms with Crippen LogP contribution in [0.4, 0.5) is 0 Å². The van der Waals surface area contributed by atoms with Crippen LogP contribution < -0.4 is 10.1 Å². The first-order valence-electron chi connectivity index (χ1n) is 19.5. The molecule has 0 saturated carbocycles. The molecule has 1 amide bonds. The summed E-state index contributed by atoms with van der Waals surface area (Å²) >= 11 is 0. The molecular formula is C45H54N2O12. The number of phenolic OH excluding ortho intramolecular Hbond substituents is 1. The quantitative estimate of drug-likeness (QED) is 0.292. The number of allylic oxidation sites excluding steroid dienone is 4. The van der Waals surface area contributed by atoms with Crippen LogP contribution in [0.25, 0.3) is 0 Å². The fourth-order valence-electron chi connectivity index (χ4n) is 7.98. The van der Waals surface area contributed by atoms with Gasteiger partial charge in [-0.3, -0.25) is 24.0 Å². The molecule has 9 atom stereocenters. The van der Waals surface area contributed by atoms with E-state index in [1.54, 1.807) is 46.9 Å². The second kappa shape index (κ2) is 17.7. The Bertz CT molecular complexity index is 2140. The van der Waals surface area contributed by atoms with Gasteiger partial charge >= 0.3 is 11.8 Å². The first-order chi connectivity index (χ1) is 27.7. The summed E-state index contributed by atoms with van der Waals surface area (Å²) in [5, 5.41) is 37.0. The fraction of sp³-hybridized carbons (Fsp3) is 0.444. The number of nitrogens with one attached hydrogen (secondary N) is 1. The van der Waals surface area contributed by atoms with Crippen LogP contribution in [-0.4, -0.2) is 93.8 Å². The number of hydrogen-bond acceptors (Lipinski definition) is 13. The number of aliphatic hydroxyl groups excluding tert-OH is 2. The standard InChI is InChI=1S/C45H54N2O12/c1-22-15-14-16-23(2)44(55)46-34-35(47(9)21-29-17-12-11-13-18-29)40(53)31-32(39(34)52)38(51)27(6)42-33(31)43(54)45(8,59-42)57-20-19-30(56-10)24(3)41(58-28(7)48)26(5)37(50)25(4)36(22)49/h11-20,22,24-26,30,36-37,41,49-51H,21H2,1-10H3,(H,46,55). The number of carbonyl (C=O) groups is 5. The normalized spacial score (nSPS) is 29.1. The molecule has 5 bridgehead atoms. The Morgan fingerprint density at radius 2 is 1.58 bits per heavy atom. The molecule has 1 aliphatic carbocycles. The van der Waals surface area contributed by atoms with E-state index in [0.717, 1.165) is 5.56 Å². The van der Waals surface area contributed by atoms with Gasteiger partial charge in [-0.25, -0.2) is 0 Å². The lowest BCUT2D eigenvalue weighted by atomic mass is 9.78. The Balaban J connectivity index is 1.68. The summed E-state index contributed by atoms with van der Waals surface area (Å²) < 4.78 is 23.5. The van der Waals surface area contributed by atoms with Gasteiger partial charge in [-0.1, -0.05) is 76.3 Å². The van der Waals surface area contributed by atoms with Crippen molar-refractivity contribution in [1.29, 1.82) is 0 Å². The zero-order valence-electron chi connectivity index (χ0n) is 35.1. The third-order valence-corrected chi connectivity index (χ3v) is 11.6. The van der Waals surface area contributed by atoms with Gasteiger partial charge in [0.15, 0.2) is 0 Å². The molecule has 59 heavy (non-hydrogen) atoms. The highest BCUT2D eigenvalue weighted by Crippen LogP contribution is 2.49. The van der Waals surface area contributed by atoms with Gasteiger partial charge in [0.2, 0.25) is 11.6 Å². The molecule has 9 unspecified atom stereocenters. The SMILES string of the molecule is COC1C=COC2(C)Oc3c(C)c(O)c4c(c3C2=O)C(=O)C(N(C)Cc2ccccc2)=C(NC(=O)C(C)=CC=CC(C)C(O)C(C)C(O)C(C)C(OC(C)=O)C1C)C4=O. The second-order valence-corrected chi connectivity index (χ2v) is 15.9. The highest BCUT2D eigenvalue weighted by atomic mass is 16.7. The number of ether oxygens (including phenoxy) is 4. The number of likely N-dealkylation sites (N-methyl/N-ethyl adjacent to an activating group) is 1. The summed E-state index contributed by atoms with van der Waals surface area (Å²) in [6.45, 7) is 12.5. The van der Waals surface area contributed by atoms with Gasteiger partial charge in [0.05, 0.1) is 41.3 Å². The summed E-state index contributed by atoms with van der Waals surface area (Å²) in [5.74, 6) is -9.23. The second-order valence-electron chi connectivity index (χ2n) is 15.9. The van der Waals surface area contributed by atoms with Crippen molar-refractivity contribution in [1.82, 2.24) is 10.2 Å². The highest BCUT2D eigenvalue weighted by Gasteiger charge is 2.53. The number of nitrogens with zero attached hydrogens (tertiary/aromatic N) is 1. The number of methoxy groups -OCH3 is 1. The van der Waals surface area contributed by atoms with E-state index in [1.807, 2.05) is 30.3 Å². The fourth-order valence-corrected chi connectivity index (χ4v) is 7.98. The smallest absolute Gasteiger partial charge is 0.312 e. The Labute approximate surface area is 344 Å². The van der Waals surface area contributed by atoms with Gasteiger partial charge in [-0.2, -0.15) is 0 Å². The zero-order valence-corrected chi connectivity index (χ0v) is 35.1. The minimum Gasteiger partial charge on any atom is -0.507 e. The van der Waals surface area contributed by atoms with E-state index in [9.17, 15) is 39.3 Å². The molecule has 3 aliphatic heterocycles. The number of ketones is 3. The van der Waals surface area contributed by atoms with Crippen molar-refractivity contribution >= 4 is 29.2 Å². The highest BCUT2D eigenvalue weighted by molar-refractivity contribution is 6.32. The number of esters is 1. The molecular weight excluding hydrogens is 760 g/mol. The molecule has 4 aliphatic rings. The maximum absolute atomic E-state index is 14.8. The van der Waals surface area contributed by atoms with Crippen molar-refractivity contribution in [2.75, 3.05) is 14.2 Å². The van der Waals surface area contributed by atoms with Crippen LogP contribution in [0, 0.1) is 30.6 Å². The molecule has 4 N–H and O–H groups in total. The van der Waals surface area contributed by atoms with Crippen molar-refractivity contribution in [2.45, 2.75) is 92.1 Å². The number of carbonyl (C=O) groups excluding carboxylic acids is 5. The average molecular weight is 815 g/mol. The van der Waals surface area contributed by atoms with Crippen molar-refractivity contribution in [3.63, 3.8) is 0 Å². The lowest BCUT2D eigenvalue weighted by Crippen LogP contribution is -2.46. The van der Waals surface area contributed by atoms with Crippen molar-refractivity contribution in [3.8, 4) is 11.5 Å². The minimum atomic E-state index is -2.09. The number of fused-ring (bicyclic) bond motifs is 14. The Kier molecular flexibility index (Phi) is 13.4. The molecule has 14 heteroatoms. The topological polar surface area (TPSA) is 198 Å². The zero-order chi connectivity index (χ0) is 43.7. The van der Waals surface area contributed by atoms with Gasteiger partial charge < -0.3 is 44.5 Å². The van der Waals surface area contributed by atoms with E-state index < -0.39 is 106 Å². The van der Waals surface area contributed by atoms with E-state index in [-0.39, 0.29) is 34.7 Å². The van der Waals surface area contributed by atoms with Crippen LogP contribution in [0.5, 0.6) is 11.5 Å². The minimum absolute atomic E-state index is 0.00579. The number of aromatic hydroxyl groups is 1. The lowest BCUT2D eigenvalue weighted by molar-refractivity contribution is -0.160. The molecule has 0 fully saturated rings. The molecule has 3 heterocycles. The van der Waals surface area contributed by atoms with Crippen LogP contribution in [0.1, 0.15) is 90.7 Å². The van der Waals surface area contributed by atoms with Crippen molar-refractivity contribution < 1.29 is 58.2 Å². The van der Waals surface area contributed by atoms with Crippen molar-refractivity contribution in [3.05, 3.63) is 106 Å². The third-order valence-electron chi connectivity index (χ3n) is 11.6. The molecule has 2 aromatic carbocycles. The van der Waals surface area contributed by atoms with Crippen LogP contribution in [0.2, 0.25) is 0 Å². The van der Waals surface area contributed by atoms with Crippen LogP contribution >= 0.6 is 0 Å². The van der Waals surface area contributed by atoms with E-state index >= 15 is 0 Å². The summed E-state index contributed by atoms with van der Waals surface area (Å²) in [6.07, 6.45) is 3.41. The molecule has 2 aromatic rings. The van der Waals surface area contributed by atoms with E-state index in [2.05, 4.69) is 5.32 Å². The van der Waals surface area contributed by atoms with E-state index in [1.165, 1.54) is 58.1 Å². The van der Waals surface area contributed by atoms with Gasteiger partial charge in [-0.05, 0) is 25.5 Å². The first kappa shape index (κ1) is 44.5. The number of amides is 1. The number of rotatable bonds is 5. The number of Topliss-reactive ketones (excluding diaryl/α,β-unsaturated/α-hetero) is 3. The van der Waals surface area contributed by atoms with E-state index in [0.29, 0.717) is 0 Å². The summed E-state index contributed by atoms with van der Waals surface area (Å²) in [7, 11) is 3.00. The predicted molar refractivity (Wildman–Crippen MR) is 216 cm³/mol. The van der Waals surface area contributed by atoms with Gasteiger partial charge in [0.25, 0.3) is 11.7 Å². The number of benzene rings is 2. The number of phenols is 1. The molecule has 0 saturated heterocycles. The average Bonchev–Trinajstić information content (AvgIpc) is 3.46. The molecule has 14 nitrogen and oxygen atoms in total. The number of aliphatic hydroxyl groups is 2. The molecule has 316 valence electrons. The largest absolute Gasteiger partial charge is 0.507 e. The van der Waals surface area contributed by atoms with Crippen LogP contribution in [-0.2, 0) is 30.3 Å². The van der Waals surface area contributed by atoms with Crippen LogP contribution in [0.3, 0.4) is 0 Å². The summed E-state index contributed by atoms with van der Waals surface area (Å²) in [4.78, 5) is 71.4.